The molecule has 0 spiro atoms. The largest absolute Gasteiger partial charge is 0.462 e. The highest BCUT2D eigenvalue weighted by Gasteiger charge is 2.45. The number of anilines is 1. The SMILES string of the molecule is CC1=NC2=C(C(=O)CC(c3ccccc3)C2)C(c2cccc(NS(C)(=O)=O)c2)C1C(=O)OC1CCCC1. The van der Waals surface area contributed by atoms with E-state index in [9.17, 15) is 18.0 Å². The Bertz CT molecular complexity index is 1370. The Balaban J connectivity index is 1.57. The number of ether oxygens (including phenoxy) is 1. The zero-order valence-electron chi connectivity index (χ0n) is 21.1. The van der Waals surface area contributed by atoms with Gasteiger partial charge in [0.15, 0.2) is 5.78 Å². The highest BCUT2D eigenvalue weighted by molar-refractivity contribution is 7.92. The van der Waals surface area contributed by atoms with Gasteiger partial charge in [-0.05, 0) is 68.2 Å². The van der Waals surface area contributed by atoms with Crippen LogP contribution in [0.25, 0.3) is 0 Å². The standard InChI is InChI=1S/C29H32N2O5S/c1-18-26(29(33)36-23-13-6-7-14-23)27(20-11-8-12-22(15-20)31-37(2,34)35)28-24(30-18)16-21(17-25(28)32)19-9-4-3-5-10-19/h3-5,8-12,15,21,23,26-27,31H,6-7,13-14,16-17H2,1-2H3. The van der Waals surface area contributed by atoms with E-state index < -0.39 is 21.9 Å². The second-order valence-electron chi connectivity index (χ2n) is 10.4. The van der Waals surface area contributed by atoms with Crippen molar-refractivity contribution in [3.63, 3.8) is 0 Å². The first-order valence-corrected chi connectivity index (χ1v) is 14.7. The summed E-state index contributed by atoms with van der Waals surface area (Å²) in [5, 5.41) is 0. The van der Waals surface area contributed by atoms with Gasteiger partial charge in [0.05, 0.1) is 6.26 Å². The number of hydrogen-bond donors (Lipinski definition) is 1. The maximum atomic E-state index is 13.7. The number of carbonyl (C=O) groups excluding carboxylic acids is 2. The van der Waals surface area contributed by atoms with Gasteiger partial charge in [-0.2, -0.15) is 0 Å². The van der Waals surface area contributed by atoms with Gasteiger partial charge in [0.25, 0.3) is 0 Å². The zero-order valence-corrected chi connectivity index (χ0v) is 22.0. The summed E-state index contributed by atoms with van der Waals surface area (Å²) in [7, 11) is -3.50. The number of nitrogens with one attached hydrogen (secondary N) is 1. The van der Waals surface area contributed by atoms with Gasteiger partial charge in [-0.25, -0.2) is 8.42 Å². The van der Waals surface area contributed by atoms with Crippen LogP contribution >= 0.6 is 0 Å². The van der Waals surface area contributed by atoms with E-state index in [1.807, 2.05) is 43.3 Å². The lowest BCUT2D eigenvalue weighted by molar-refractivity contribution is -0.151. The number of sulfonamides is 1. The van der Waals surface area contributed by atoms with Crippen LogP contribution in [0, 0.1) is 5.92 Å². The first-order valence-electron chi connectivity index (χ1n) is 12.8. The summed E-state index contributed by atoms with van der Waals surface area (Å²) in [4.78, 5) is 32.1. The van der Waals surface area contributed by atoms with E-state index in [0.29, 0.717) is 41.1 Å². The minimum absolute atomic E-state index is 0.0184. The van der Waals surface area contributed by atoms with Gasteiger partial charge in [0.2, 0.25) is 10.0 Å². The fourth-order valence-electron chi connectivity index (χ4n) is 5.94. The molecule has 0 aromatic heterocycles. The molecule has 1 fully saturated rings. The maximum absolute atomic E-state index is 13.7. The van der Waals surface area contributed by atoms with Crippen LogP contribution in [0.2, 0.25) is 0 Å². The predicted octanol–water partition coefficient (Wildman–Crippen LogP) is 5.12. The Hall–Kier alpha value is -3.26. The number of hydrogen-bond acceptors (Lipinski definition) is 6. The van der Waals surface area contributed by atoms with E-state index in [4.69, 9.17) is 9.73 Å². The number of Topliss-reactive ketones (excluding diaryl/α,β-unsaturated/α-hetero) is 1. The van der Waals surface area contributed by atoms with Crippen LogP contribution in [0.1, 0.15) is 68.4 Å². The van der Waals surface area contributed by atoms with E-state index in [1.165, 1.54) is 0 Å². The molecule has 0 saturated heterocycles. The number of esters is 1. The van der Waals surface area contributed by atoms with Gasteiger partial charge >= 0.3 is 5.97 Å². The third-order valence-corrected chi connectivity index (χ3v) is 8.15. The monoisotopic (exact) mass is 520 g/mol. The molecule has 2 aromatic carbocycles. The van der Waals surface area contributed by atoms with Crippen molar-refractivity contribution in [2.75, 3.05) is 11.0 Å². The Morgan fingerprint density at radius 2 is 1.70 bits per heavy atom. The highest BCUT2D eigenvalue weighted by atomic mass is 32.2. The number of rotatable bonds is 6. The lowest BCUT2D eigenvalue weighted by Gasteiger charge is -2.37. The Kier molecular flexibility index (Phi) is 7.03. The third-order valence-electron chi connectivity index (χ3n) is 7.55. The minimum atomic E-state index is -3.50. The van der Waals surface area contributed by atoms with Crippen LogP contribution < -0.4 is 4.72 Å². The molecule has 8 heteroatoms. The predicted molar refractivity (Wildman–Crippen MR) is 143 cm³/mol. The zero-order chi connectivity index (χ0) is 26.2. The van der Waals surface area contributed by atoms with Crippen LogP contribution in [-0.4, -0.2) is 38.2 Å². The van der Waals surface area contributed by atoms with Gasteiger partial charge in [-0.3, -0.25) is 19.3 Å². The second kappa shape index (κ2) is 10.2. The molecule has 3 unspecified atom stereocenters. The molecular weight excluding hydrogens is 488 g/mol. The van der Waals surface area contributed by atoms with Crippen molar-refractivity contribution in [2.24, 2.45) is 10.9 Å². The summed E-state index contributed by atoms with van der Waals surface area (Å²) in [6.45, 7) is 1.83. The molecule has 1 heterocycles. The summed E-state index contributed by atoms with van der Waals surface area (Å²) >= 11 is 0. The van der Waals surface area contributed by atoms with Gasteiger partial charge in [0.1, 0.15) is 12.0 Å². The third kappa shape index (κ3) is 5.54. The number of ketones is 1. The molecule has 0 radical (unpaired) electrons. The second-order valence-corrected chi connectivity index (χ2v) is 12.1. The quantitative estimate of drug-likeness (QED) is 0.533. The maximum Gasteiger partial charge on any atom is 0.315 e. The summed E-state index contributed by atoms with van der Waals surface area (Å²) in [5.41, 5.74) is 4.04. The number of allylic oxidation sites excluding steroid dienone is 2. The van der Waals surface area contributed by atoms with Gasteiger partial charge in [-0.1, -0.05) is 42.5 Å². The molecule has 5 rings (SSSR count). The molecule has 2 aromatic rings. The van der Waals surface area contributed by atoms with Crippen LogP contribution in [0.15, 0.2) is 70.9 Å². The number of carbonyl (C=O) groups is 2. The normalized spacial score (nSPS) is 24.4. The molecule has 1 aliphatic heterocycles. The average Bonchev–Trinajstić information content (AvgIpc) is 3.35. The van der Waals surface area contributed by atoms with E-state index in [2.05, 4.69) is 4.72 Å². The van der Waals surface area contributed by atoms with E-state index in [0.717, 1.165) is 37.5 Å². The van der Waals surface area contributed by atoms with Crippen LogP contribution in [0.3, 0.4) is 0 Å². The summed E-state index contributed by atoms with van der Waals surface area (Å²) < 4.78 is 32.2. The molecule has 7 nitrogen and oxygen atoms in total. The molecule has 37 heavy (non-hydrogen) atoms. The summed E-state index contributed by atoms with van der Waals surface area (Å²) in [6.07, 6.45) is 5.68. The molecule has 194 valence electrons. The van der Waals surface area contributed by atoms with Crippen molar-refractivity contribution in [1.82, 2.24) is 0 Å². The topological polar surface area (TPSA) is 102 Å². The average molecular weight is 521 g/mol. The number of benzene rings is 2. The van der Waals surface area contributed by atoms with Gasteiger partial charge in [0, 0.05) is 35.0 Å². The molecule has 3 aliphatic rings. The Morgan fingerprint density at radius 1 is 1.00 bits per heavy atom. The van der Waals surface area contributed by atoms with Crippen molar-refractivity contribution in [3.05, 3.63) is 77.0 Å². The van der Waals surface area contributed by atoms with E-state index >= 15 is 0 Å². The molecule has 0 bridgehead atoms. The van der Waals surface area contributed by atoms with Gasteiger partial charge in [-0.15, -0.1) is 0 Å². The highest BCUT2D eigenvalue weighted by Crippen LogP contribution is 2.47. The molecule has 1 N–H and O–H groups in total. The minimum Gasteiger partial charge on any atom is -0.462 e. The van der Waals surface area contributed by atoms with Crippen LogP contribution in [-0.2, 0) is 24.3 Å². The lowest BCUT2D eigenvalue weighted by atomic mass is 9.69. The van der Waals surface area contributed by atoms with Crippen LogP contribution in [0.4, 0.5) is 5.69 Å². The summed E-state index contributed by atoms with van der Waals surface area (Å²) in [5.74, 6) is -1.72. The Morgan fingerprint density at radius 3 is 2.41 bits per heavy atom. The first-order chi connectivity index (χ1) is 17.7. The summed E-state index contributed by atoms with van der Waals surface area (Å²) in [6, 6.07) is 16.9. The first kappa shape index (κ1) is 25.4. The van der Waals surface area contributed by atoms with Crippen LogP contribution in [0.5, 0.6) is 0 Å². The smallest absolute Gasteiger partial charge is 0.315 e. The molecule has 0 amide bonds. The van der Waals surface area contributed by atoms with Crippen molar-refractivity contribution in [2.45, 2.75) is 63.4 Å². The number of aliphatic imine (C=N–C) groups is 1. The van der Waals surface area contributed by atoms with Crippen molar-refractivity contribution in [1.29, 1.82) is 0 Å². The van der Waals surface area contributed by atoms with Crippen molar-refractivity contribution in [3.8, 4) is 0 Å². The van der Waals surface area contributed by atoms with Gasteiger partial charge < -0.3 is 4.74 Å². The molecular formula is C29H32N2O5S. The van der Waals surface area contributed by atoms with E-state index in [1.54, 1.807) is 18.2 Å². The molecule has 3 atom stereocenters. The van der Waals surface area contributed by atoms with E-state index in [-0.39, 0.29) is 23.8 Å². The molecule has 2 aliphatic carbocycles. The number of nitrogens with zero attached hydrogens (tertiary/aromatic N) is 1. The van der Waals surface area contributed by atoms with Crippen molar-refractivity contribution >= 4 is 33.2 Å². The lowest BCUT2D eigenvalue weighted by Crippen LogP contribution is -2.39. The molecule has 1 saturated carbocycles. The fourth-order valence-corrected chi connectivity index (χ4v) is 6.49. The fraction of sp³-hybridized carbons (Fsp3) is 0.414. The Labute approximate surface area is 218 Å². The van der Waals surface area contributed by atoms with Crippen molar-refractivity contribution < 1.29 is 22.7 Å².